The molecule has 0 bridgehead atoms. The lowest BCUT2D eigenvalue weighted by Gasteiger charge is -1.97. The fourth-order valence-corrected chi connectivity index (χ4v) is 1.88. The monoisotopic (exact) mass is 220 g/mol. The van der Waals surface area contributed by atoms with Crippen molar-refractivity contribution < 1.29 is 9.18 Å². The lowest BCUT2D eigenvalue weighted by molar-refractivity contribution is 0.565. The predicted molar refractivity (Wildman–Crippen MR) is 55.3 cm³/mol. The average molecular weight is 220 g/mol. The number of hydrogen-bond acceptors (Lipinski definition) is 4. The van der Waals surface area contributed by atoms with Crippen molar-refractivity contribution in [1.29, 1.82) is 0 Å². The zero-order valence-electron chi connectivity index (χ0n) is 7.48. The number of hydrogen-bond donors (Lipinski definition) is 0. The smallest absolute Gasteiger partial charge is 0.211 e. The first-order valence-electron chi connectivity index (χ1n) is 4.10. The van der Waals surface area contributed by atoms with E-state index in [1.54, 1.807) is 12.1 Å². The number of rotatable bonds is 2. The molecule has 3 nitrogen and oxygen atoms in total. The summed E-state index contributed by atoms with van der Waals surface area (Å²) in [6.07, 6.45) is 2.90. The number of aliphatic imine (C=N–C) groups is 1. The molecule has 2 rings (SSSR count). The summed E-state index contributed by atoms with van der Waals surface area (Å²) in [5.74, 6) is -0.332. The highest BCUT2D eigenvalue weighted by Gasteiger charge is 2.07. The van der Waals surface area contributed by atoms with E-state index >= 15 is 0 Å². The summed E-state index contributed by atoms with van der Waals surface area (Å²) in [7, 11) is 0. The van der Waals surface area contributed by atoms with Crippen molar-refractivity contribution in [3.05, 3.63) is 36.3 Å². The zero-order valence-corrected chi connectivity index (χ0v) is 8.29. The van der Waals surface area contributed by atoms with Crippen LogP contribution in [0.2, 0.25) is 0 Å². The molecule has 1 heterocycles. The van der Waals surface area contributed by atoms with Crippen molar-refractivity contribution in [2.45, 2.75) is 0 Å². The molecule has 5 heteroatoms. The third-order valence-corrected chi connectivity index (χ3v) is 2.64. The molecule has 0 saturated carbocycles. The molecule has 0 aliphatic rings. The van der Waals surface area contributed by atoms with Gasteiger partial charge in [0.1, 0.15) is 11.5 Å². The molecule has 74 valence electrons. The number of benzene rings is 1. The second kappa shape index (κ2) is 4.13. The van der Waals surface area contributed by atoms with Crippen LogP contribution in [0.1, 0.15) is 0 Å². The van der Waals surface area contributed by atoms with Gasteiger partial charge in [-0.1, -0.05) is 12.1 Å². The van der Waals surface area contributed by atoms with Crippen molar-refractivity contribution in [2.24, 2.45) is 4.99 Å². The topological polar surface area (TPSA) is 42.3 Å². The number of carbonyl (C=O) groups excluding carboxylic acids is 1. The van der Waals surface area contributed by atoms with E-state index in [-0.39, 0.29) is 5.82 Å². The van der Waals surface area contributed by atoms with E-state index in [9.17, 15) is 9.18 Å². The van der Waals surface area contributed by atoms with Gasteiger partial charge in [-0.3, -0.25) is 0 Å². The quantitative estimate of drug-likeness (QED) is 0.576. The van der Waals surface area contributed by atoms with E-state index in [2.05, 4.69) is 9.37 Å². The second-order valence-electron chi connectivity index (χ2n) is 2.75. The van der Waals surface area contributed by atoms with E-state index in [1.807, 2.05) is 0 Å². The average Bonchev–Trinajstić information content (AvgIpc) is 2.66. The van der Waals surface area contributed by atoms with Gasteiger partial charge >= 0.3 is 0 Å². The highest BCUT2D eigenvalue weighted by atomic mass is 32.1. The van der Waals surface area contributed by atoms with Gasteiger partial charge in [0.15, 0.2) is 0 Å². The van der Waals surface area contributed by atoms with Crippen molar-refractivity contribution >= 4 is 23.3 Å². The van der Waals surface area contributed by atoms with Crippen LogP contribution in [0.5, 0.6) is 0 Å². The van der Waals surface area contributed by atoms with Crippen LogP contribution in [0, 0.1) is 5.82 Å². The zero-order chi connectivity index (χ0) is 10.7. The van der Waals surface area contributed by atoms with E-state index in [1.165, 1.54) is 24.4 Å². The first-order valence-corrected chi connectivity index (χ1v) is 4.87. The summed E-state index contributed by atoms with van der Waals surface area (Å²) in [4.78, 5) is 14.3. The Labute approximate surface area is 89.1 Å². The summed E-state index contributed by atoms with van der Waals surface area (Å²) < 4.78 is 16.8. The summed E-state index contributed by atoms with van der Waals surface area (Å²) >= 11 is 1.16. The molecular weight excluding hydrogens is 215 g/mol. The molecule has 2 aromatic rings. The normalized spacial score (nSPS) is 9.67. The van der Waals surface area contributed by atoms with Gasteiger partial charge < -0.3 is 0 Å². The Morgan fingerprint density at radius 2 is 2.33 bits per heavy atom. The van der Waals surface area contributed by atoms with Crippen LogP contribution >= 0.6 is 11.5 Å². The summed E-state index contributed by atoms with van der Waals surface area (Å²) in [6, 6.07) is 6.06. The lowest BCUT2D eigenvalue weighted by atomic mass is 10.2. The molecule has 0 unspecified atom stereocenters. The molecule has 0 radical (unpaired) electrons. The first kappa shape index (κ1) is 9.71. The maximum Gasteiger partial charge on any atom is 0.240 e. The van der Waals surface area contributed by atoms with Crippen molar-refractivity contribution in [2.75, 3.05) is 0 Å². The van der Waals surface area contributed by atoms with Crippen LogP contribution in [0.4, 0.5) is 10.1 Å². The molecule has 0 spiro atoms. The Hall–Kier alpha value is -1.84. The first-order chi connectivity index (χ1) is 7.31. The van der Waals surface area contributed by atoms with Gasteiger partial charge in [0, 0.05) is 0 Å². The molecule has 0 aliphatic carbocycles. The fourth-order valence-electron chi connectivity index (χ4n) is 1.19. The second-order valence-corrected chi connectivity index (χ2v) is 3.56. The largest absolute Gasteiger partial charge is 0.240 e. The van der Waals surface area contributed by atoms with Gasteiger partial charge in [0.2, 0.25) is 6.08 Å². The standard InChI is InChI=1S/C10H5FN2OS/c11-8-3-1-2-7(4-8)10-9(12-6-14)5-13-15-10/h1-5H. The highest BCUT2D eigenvalue weighted by molar-refractivity contribution is 7.10. The van der Waals surface area contributed by atoms with Crippen LogP contribution in [-0.2, 0) is 4.79 Å². The summed E-state index contributed by atoms with van der Waals surface area (Å²) in [5, 5.41) is 0. The van der Waals surface area contributed by atoms with Gasteiger partial charge in [0.25, 0.3) is 0 Å². The molecule has 0 aliphatic heterocycles. The van der Waals surface area contributed by atoms with E-state index < -0.39 is 0 Å². The Kier molecular flexibility index (Phi) is 2.67. The molecule has 0 atom stereocenters. The van der Waals surface area contributed by atoms with E-state index in [0.29, 0.717) is 16.1 Å². The minimum absolute atomic E-state index is 0.332. The number of isocyanates is 1. The highest BCUT2D eigenvalue weighted by Crippen LogP contribution is 2.33. The van der Waals surface area contributed by atoms with Crippen molar-refractivity contribution in [3.63, 3.8) is 0 Å². The molecule has 0 amide bonds. The molecule has 15 heavy (non-hydrogen) atoms. The third kappa shape index (κ3) is 1.98. The Balaban J connectivity index is 2.53. The van der Waals surface area contributed by atoms with Gasteiger partial charge in [0.05, 0.1) is 11.1 Å². The Morgan fingerprint density at radius 1 is 1.47 bits per heavy atom. The minimum Gasteiger partial charge on any atom is -0.211 e. The lowest BCUT2D eigenvalue weighted by Crippen LogP contribution is -1.76. The van der Waals surface area contributed by atoms with Crippen LogP contribution < -0.4 is 0 Å². The van der Waals surface area contributed by atoms with Crippen LogP contribution in [0.15, 0.2) is 35.5 Å². The van der Waals surface area contributed by atoms with Crippen LogP contribution in [-0.4, -0.2) is 10.5 Å². The number of halogens is 1. The summed E-state index contributed by atoms with van der Waals surface area (Å²) in [5.41, 5.74) is 1.08. The van der Waals surface area contributed by atoms with Crippen molar-refractivity contribution in [3.8, 4) is 10.4 Å². The van der Waals surface area contributed by atoms with Crippen LogP contribution in [0.25, 0.3) is 10.4 Å². The molecule has 1 aromatic heterocycles. The molecule has 0 saturated heterocycles. The van der Waals surface area contributed by atoms with E-state index in [4.69, 9.17) is 0 Å². The third-order valence-electron chi connectivity index (χ3n) is 1.80. The number of aromatic nitrogens is 1. The van der Waals surface area contributed by atoms with Crippen LogP contribution in [0.3, 0.4) is 0 Å². The Bertz CT molecular complexity index is 532. The van der Waals surface area contributed by atoms with Gasteiger partial charge in [-0.15, -0.1) is 0 Å². The minimum atomic E-state index is -0.332. The predicted octanol–water partition coefficient (Wildman–Crippen LogP) is 2.92. The summed E-state index contributed by atoms with van der Waals surface area (Å²) in [6.45, 7) is 0. The Morgan fingerprint density at radius 3 is 3.07 bits per heavy atom. The molecule has 0 N–H and O–H groups in total. The van der Waals surface area contributed by atoms with Crippen molar-refractivity contribution in [1.82, 2.24) is 4.37 Å². The van der Waals surface area contributed by atoms with Gasteiger partial charge in [-0.2, -0.15) is 9.37 Å². The number of nitrogens with zero attached hydrogens (tertiary/aromatic N) is 2. The molecule has 0 fully saturated rings. The van der Waals surface area contributed by atoms with Gasteiger partial charge in [-0.05, 0) is 29.2 Å². The van der Waals surface area contributed by atoms with E-state index in [0.717, 1.165) is 11.5 Å². The maximum absolute atomic E-state index is 13.0. The molecule has 1 aromatic carbocycles. The molecular formula is C10H5FN2OS. The van der Waals surface area contributed by atoms with Gasteiger partial charge in [-0.25, -0.2) is 9.18 Å². The maximum atomic E-state index is 13.0. The SMILES string of the molecule is O=C=Nc1cnsc1-c1cccc(F)c1. The fraction of sp³-hybridized carbons (Fsp3) is 0.